The van der Waals surface area contributed by atoms with Gasteiger partial charge in [-0.3, -0.25) is 4.79 Å². The van der Waals surface area contributed by atoms with Gasteiger partial charge in [-0.2, -0.15) is 8.78 Å². The Kier molecular flexibility index (Phi) is 4.34. The number of nitrogens with one attached hydrogen (secondary N) is 1. The number of halogens is 2. The van der Waals surface area contributed by atoms with Crippen LogP contribution >= 0.6 is 0 Å². The number of hydrogen-bond donors (Lipinski definition) is 1. The Hall–Kier alpha value is -2.37. The van der Waals surface area contributed by atoms with E-state index in [9.17, 15) is 13.6 Å². The van der Waals surface area contributed by atoms with Crippen LogP contribution in [0.25, 0.3) is 0 Å². The maximum absolute atomic E-state index is 12.0. The summed E-state index contributed by atoms with van der Waals surface area (Å²) in [5, 5.41) is 2.60. The van der Waals surface area contributed by atoms with Crippen molar-refractivity contribution in [3.63, 3.8) is 0 Å². The van der Waals surface area contributed by atoms with Gasteiger partial charge in [0.05, 0.1) is 0 Å². The molecule has 2 aromatic rings. The molecule has 1 heterocycles. The van der Waals surface area contributed by atoms with Crippen molar-refractivity contribution in [3.05, 3.63) is 47.9 Å². The highest BCUT2D eigenvalue weighted by molar-refractivity contribution is 6.02. The lowest BCUT2D eigenvalue weighted by Crippen LogP contribution is -2.10. The summed E-state index contributed by atoms with van der Waals surface area (Å²) in [5.74, 6) is 0.557. The highest BCUT2D eigenvalue weighted by atomic mass is 19.3. The second kappa shape index (κ2) is 6.18. The van der Waals surface area contributed by atoms with Gasteiger partial charge >= 0.3 is 6.61 Å². The van der Waals surface area contributed by atoms with Gasteiger partial charge in [0.2, 0.25) is 0 Å². The average Bonchev–Trinajstić information content (AvgIpc) is 2.89. The number of rotatable bonds is 5. The minimum atomic E-state index is -2.87. The monoisotopic (exact) mass is 281 g/mol. The highest BCUT2D eigenvalue weighted by Gasteiger charge is 2.11. The molecule has 0 aliphatic heterocycles. The van der Waals surface area contributed by atoms with Crippen LogP contribution < -0.4 is 10.1 Å². The first kappa shape index (κ1) is 14.0. The molecule has 0 unspecified atom stereocenters. The van der Waals surface area contributed by atoms with E-state index >= 15 is 0 Å². The van der Waals surface area contributed by atoms with Crippen molar-refractivity contribution in [1.29, 1.82) is 0 Å². The molecule has 0 aliphatic carbocycles. The summed E-state index contributed by atoms with van der Waals surface area (Å²) >= 11 is 0. The van der Waals surface area contributed by atoms with Crippen molar-refractivity contribution in [1.82, 2.24) is 0 Å². The van der Waals surface area contributed by atoms with Gasteiger partial charge in [0, 0.05) is 12.1 Å². The molecule has 20 heavy (non-hydrogen) atoms. The topological polar surface area (TPSA) is 51.5 Å². The van der Waals surface area contributed by atoms with Crippen molar-refractivity contribution < 1.29 is 22.7 Å². The first-order valence-corrected chi connectivity index (χ1v) is 6.03. The van der Waals surface area contributed by atoms with Crippen molar-refractivity contribution in [2.24, 2.45) is 0 Å². The number of alkyl halides is 2. The summed E-state index contributed by atoms with van der Waals surface area (Å²) in [6.07, 6.45) is 0.701. The lowest BCUT2D eigenvalue weighted by Gasteiger charge is -2.06. The maximum Gasteiger partial charge on any atom is 0.387 e. The molecule has 0 spiro atoms. The third-order valence-corrected chi connectivity index (χ3v) is 2.57. The van der Waals surface area contributed by atoms with E-state index in [4.69, 9.17) is 4.42 Å². The van der Waals surface area contributed by atoms with Gasteiger partial charge in [-0.15, -0.1) is 0 Å². The zero-order valence-corrected chi connectivity index (χ0v) is 10.7. The van der Waals surface area contributed by atoms with Crippen LogP contribution in [0.1, 0.15) is 23.2 Å². The van der Waals surface area contributed by atoms with Crippen molar-refractivity contribution >= 4 is 11.6 Å². The van der Waals surface area contributed by atoms with Crippen molar-refractivity contribution in [2.75, 3.05) is 5.32 Å². The van der Waals surface area contributed by atoms with E-state index in [1.165, 1.54) is 24.3 Å². The average molecular weight is 281 g/mol. The van der Waals surface area contributed by atoms with Crippen LogP contribution in [0.5, 0.6) is 5.75 Å². The molecule has 0 aliphatic rings. The van der Waals surface area contributed by atoms with Crippen molar-refractivity contribution in [3.8, 4) is 5.75 Å². The number of carbonyl (C=O) groups is 1. The van der Waals surface area contributed by atoms with Gasteiger partial charge in [-0.1, -0.05) is 6.92 Å². The Bertz CT molecular complexity index is 578. The van der Waals surface area contributed by atoms with E-state index < -0.39 is 12.5 Å². The Morgan fingerprint density at radius 1 is 1.25 bits per heavy atom. The molecule has 0 fully saturated rings. The number of amides is 1. The Morgan fingerprint density at radius 2 is 1.95 bits per heavy atom. The summed E-state index contributed by atoms with van der Waals surface area (Å²) in [6.45, 7) is -0.951. The van der Waals surface area contributed by atoms with E-state index in [-0.39, 0.29) is 11.5 Å². The normalized spacial score (nSPS) is 10.6. The molecule has 6 heteroatoms. The second-order valence-corrected chi connectivity index (χ2v) is 3.98. The number of aryl methyl sites for hydroxylation is 1. The highest BCUT2D eigenvalue weighted by Crippen LogP contribution is 2.18. The van der Waals surface area contributed by atoms with E-state index in [0.29, 0.717) is 12.1 Å². The Labute approximate surface area is 114 Å². The van der Waals surface area contributed by atoms with Crippen LogP contribution in [0.4, 0.5) is 14.5 Å². The standard InChI is InChI=1S/C14H13F2NO3/c1-2-10-7-8-12(19-10)13(18)17-9-3-5-11(6-4-9)20-14(15)16/h3-8,14H,2H2,1H3,(H,17,18). The molecular formula is C14H13F2NO3. The predicted octanol–water partition coefficient (Wildman–Crippen LogP) is 3.70. The number of anilines is 1. The molecule has 1 aromatic carbocycles. The lowest BCUT2D eigenvalue weighted by molar-refractivity contribution is -0.0498. The van der Waals surface area contributed by atoms with Gasteiger partial charge in [-0.05, 0) is 36.4 Å². The summed E-state index contributed by atoms with van der Waals surface area (Å²) < 4.78 is 33.5. The largest absolute Gasteiger partial charge is 0.456 e. The van der Waals surface area contributed by atoms with Gasteiger partial charge in [-0.25, -0.2) is 0 Å². The van der Waals surface area contributed by atoms with Gasteiger partial charge in [0.15, 0.2) is 5.76 Å². The third kappa shape index (κ3) is 3.57. The molecule has 0 atom stereocenters. The number of furan rings is 1. The SMILES string of the molecule is CCc1ccc(C(=O)Nc2ccc(OC(F)F)cc2)o1. The predicted molar refractivity (Wildman–Crippen MR) is 69.1 cm³/mol. The van der Waals surface area contributed by atoms with E-state index in [0.717, 1.165) is 5.76 Å². The number of carbonyl (C=O) groups excluding carboxylic acids is 1. The minimum absolute atomic E-state index is 0.0317. The lowest BCUT2D eigenvalue weighted by atomic mass is 10.3. The first-order valence-electron chi connectivity index (χ1n) is 6.03. The summed E-state index contributed by atoms with van der Waals surface area (Å²) in [7, 11) is 0. The van der Waals surface area contributed by atoms with E-state index in [2.05, 4.69) is 10.1 Å². The fourth-order valence-corrected chi connectivity index (χ4v) is 1.60. The zero-order chi connectivity index (χ0) is 14.5. The van der Waals surface area contributed by atoms with Crippen LogP contribution in [0.2, 0.25) is 0 Å². The minimum Gasteiger partial charge on any atom is -0.456 e. The molecule has 1 N–H and O–H groups in total. The number of hydrogen-bond acceptors (Lipinski definition) is 3. The molecule has 0 saturated heterocycles. The molecule has 0 radical (unpaired) electrons. The summed E-state index contributed by atoms with van der Waals surface area (Å²) in [5.41, 5.74) is 0.464. The Balaban J connectivity index is 2.00. The van der Waals surface area contributed by atoms with Crippen LogP contribution in [0, 0.1) is 0 Å². The van der Waals surface area contributed by atoms with E-state index in [1.807, 2.05) is 6.92 Å². The molecular weight excluding hydrogens is 268 g/mol. The van der Waals surface area contributed by atoms with Gasteiger partial charge < -0.3 is 14.5 Å². The van der Waals surface area contributed by atoms with Gasteiger partial charge in [0.1, 0.15) is 11.5 Å². The molecule has 0 bridgehead atoms. The fourth-order valence-electron chi connectivity index (χ4n) is 1.60. The summed E-state index contributed by atoms with van der Waals surface area (Å²) in [6, 6.07) is 8.96. The number of ether oxygens (including phenoxy) is 1. The Morgan fingerprint density at radius 3 is 2.50 bits per heavy atom. The van der Waals surface area contributed by atoms with Crippen molar-refractivity contribution in [2.45, 2.75) is 20.0 Å². The molecule has 4 nitrogen and oxygen atoms in total. The third-order valence-electron chi connectivity index (χ3n) is 2.57. The molecule has 1 aromatic heterocycles. The fraction of sp³-hybridized carbons (Fsp3) is 0.214. The van der Waals surface area contributed by atoms with Crippen LogP contribution in [-0.4, -0.2) is 12.5 Å². The zero-order valence-electron chi connectivity index (χ0n) is 10.7. The molecule has 0 saturated carbocycles. The molecule has 106 valence electrons. The van der Waals surface area contributed by atoms with Crippen LogP contribution in [0.15, 0.2) is 40.8 Å². The number of benzene rings is 1. The first-order chi connectivity index (χ1) is 9.58. The maximum atomic E-state index is 12.0. The summed E-state index contributed by atoms with van der Waals surface area (Å²) in [4.78, 5) is 11.8. The van der Waals surface area contributed by atoms with Crippen LogP contribution in [0.3, 0.4) is 0 Å². The smallest absolute Gasteiger partial charge is 0.387 e. The van der Waals surface area contributed by atoms with E-state index in [1.54, 1.807) is 12.1 Å². The quantitative estimate of drug-likeness (QED) is 0.909. The van der Waals surface area contributed by atoms with Gasteiger partial charge in [0.25, 0.3) is 5.91 Å². The second-order valence-electron chi connectivity index (χ2n) is 3.98. The molecule has 2 rings (SSSR count). The van der Waals surface area contributed by atoms with Crippen LogP contribution in [-0.2, 0) is 6.42 Å². The molecule has 1 amide bonds.